The van der Waals surface area contributed by atoms with Crippen molar-refractivity contribution in [2.24, 2.45) is 0 Å². The van der Waals surface area contributed by atoms with Crippen LogP contribution in [-0.4, -0.2) is 12.5 Å². The number of benzene rings is 2. The van der Waals surface area contributed by atoms with Crippen LogP contribution in [0.25, 0.3) is 0 Å². The minimum absolute atomic E-state index is 0.124. The van der Waals surface area contributed by atoms with Crippen LogP contribution in [0.2, 0.25) is 15.1 Å². The average Bonchev–Trinajstić information content (AvgIpc) is 2.46. The van der Waals surface area contributed by atoms with E-state index >= 15 is 0 Å². The van der Waals surface area contributed by atoms with Gasteiger partial charge in [0.15, 0.2) is 0 Å². The normalized spacial score (nSPS) is 10.4. The summed E-state index contributed by atoms with van der Waals surface area (Å²) in [6.07, 6.45) is 0. The third-order valence-corrected chi connectivity index (χ3v) is 4.28. The fourth-order valence-electron chi connectivity index (χ4n) is 1.85. The summed E-state index contributed by atoms with van der Waals surface area (Å²) in [5.41, 5.74) is 3.69. The van der Waals surface area contributed by atoms with Crippen molar-refractivity contribution in [3.63, 3.8) is 0 Å². The van der Waals surface area contributed by atoms with E-state index in [0.717, 1.165) is 11.3 Å². The number of carbonyl (C=O) groups excluding carboxylic acids is 1. The van der Waals surface area contributed by atoms with E-state index in [-0.39, 0.29) is 12.5 Å². The van der Waals surface area contributed by atoms with Gasteiger partial charge in [-0.2, -0.15) is 0 Å². The van der Waals surface area contributed by atoms with Gasteiger partial charge in [-0.15, -0.1) is 0 Å². The monoisotopic (exact) mass is 356 g/mol. The number of amides is 1. The molecule has 2 aromatic rings. The Morgan fingerprint density at radius 1 is 0.955 bits per heavy atom. The number of carbonyl (C=O) groups is 1. The molecule has 0 unspecified atom stereocenters. The van der Waals surface area contributed by atoms with E-state index in [2.05, 4.69) is 10.6 Å². The van der Waals surface area contributed by atoms with Crippen LogP contribution in [0, 0.1) is 13.8 Å². The molecule has 0 bridgehead atoms. The van der Waals surface area contributed by atoms with E-state index in [1.807, 2.05) is 32.0 Å². The summed E-state index contributed by atoms with van der Waals surface area (Å²) in [4.78, 5) is 12.0. The zero-order chi connectivity index (χ0) is 16.3. The van der Waals surface area contributed by atoms with Crippen LogP contribution in [-0.2, 0) is 4.79 Å². The second-order valence-electron chi connectivity index (χ2n) is 4.95. The Bertz CT molecular complexity index is 717. The van der Waals surface area contributed by atoms with Crippen molar-refractivity contribution in [2.75, 3.05) is 17.2 Å². The third kappa shape index (κ3) is 4.29. The molecule has 0 fully saturated rings. The first kappa shape index (κ1) is 16.9. The molecule has 22 heavy (non-hydrogen) atoms. The van der Waals surface area contributed by atoms with E-state index in [0.29, 0.717) is 20.8 Å². The molecule has 0 saturated heterocycles. The molecule has 1 amide bonds. The van der Waals surface area contributed by atoms with Crippen LogP contribution in [0.3, 0.4) is 0 Å². The Hall–Kier alpha value is -1.42. The molecule has 0 aliphatic rings. The number of anilines is 2. The second-order valence-corrected chi connectivity index (χ2v) is 6.17. The van der Waals surface area contributed by atoms with Crippen LogP contribution >= 0.6 is 34.8 Å². The van der Waals surface area contributed by atoms with Crippen LogP contribution < -0.4 is 10.6 Å². The van der Waals surface area contributed by atoms with Crippen LogP contribution in [0.4, 0.5) is 11.4 Å². The molecule has 0 radical (unpaired) electrons. The Morgan fingerprint density at radius 2 is 1.64 bits per heavy atom. The summed E-state index contributed by atoms with van der Waals surface area (Å²) in [6.45, 7) is 4.19. The first-order valence-corrected chi connectivity index (χ1v) is 7.75. The molecule has 0 saturated carbocycles. The number of hydrogen-bond donors (Lipinski definition) is 2. The summed E-state index contributed by atoms with van der Waals surface area (Å²) >= 11 is 17.8. The van der Waals surface area contributed by atoms with Crippen molar-refractivity contribution in [1.29, 1.82) is 0 Å². The highest BCUT2D eigenvalue weighted by atomic mass is 35.5. The quantitative estimate of drug-likeness (QED) is 0.728. The fourth-order valence-corrected chi connectivity index (χ4v) is 2.44. The molecule has 0 aromatic heterocycles. The van der Waals surface area contributed by atoms with Crippen molar-refractivity contribution in [3.8, 4) is 0 Å². The fraction of sp³-hybridized carbons (Fsp3) is 0.188. The van der Waals surface area contributed by atoms with E-state index in [1.165, 1.54) is 17.7 Å². The molecule has 2 rings (SSSR count). The van der Waals surface area contributed by atoms with Gasteiger partial charge in [0.2, 0.25) is 5.91 Å². The van der Waals surface area contributed by atoms with Crippen molar-refractivity contribution in [3.05, 3.63) is 56.5 Å². The van der Waals surface area contributed by atoms with E-state index < -0.39 is 0 Å². The van der Waals surface area contributed by atoms with Crippen LogP contribution in [0.5, 0.6) is 0 Å². The van der Waals surface area contributed by atoms with Gasteiger partial charge in [0.25, 0.3) is 0 Å². The molecule has 0 aliphatic heterocycles. The zero-order valence-corrected chi connectivity index (χ0v) is 14.4. The summed E-state index contributed by atoms with van der Waals surface area (Å²) in [7, 11) is 0. The summed E-state index contributed by atoms with van der Waals surface area (Å²) in [5.74, 6) is -0.224. The largest absolute Gasteiger partial charge is 0.376 e. The minimum atomic E-state index is -0.224. The maximum Gasteiger partial charge on any atom is 0.243 e. The first-order chi connectivity index (χ1) is 10.4. The molecule has 3 nitrogen and oxygen atoms in total. The van der Waals surface area contributed by atoms with E-state index in [4.69, 9.17) is 34.8 Å². The van der Waals surface area contributed by atoms with Crippen molar-refractivity contribution < 1.29 is 4.79 Å². The lowest BCUT2D eigenvalue weighted by Crippen LogP contribution is -2.22. The van der Waals surface area contributed by atoms with Gasteiger partial charge < -0.3 is 10.6 Å². The lowest BCUT2D eigenvalue weighted by molar-refractivity contribution is -0.114. The van der Waals surface area contributed by atoms with Crippen LogP contribution in [0.15, 0.2) is 30.3 Å². The third-order valence-electron chi connectivity index (χ3n) is 3.24. The summed E-state index contributed by atoms with van der Waals surface area (Å²) < 4.78 is 0. The highest BCUT2D eigenvalue weighted by Gasteiger charge is 2.09. The van der Waals surface area contributed by atoms with E-state index in [1.54, 1.807) is 0 Å². The predicted molar refractivity (Wildman–Crippen MR) is 94.5 cm³/mol. The van der Waals surface area contributed by atoms with Gasteiger partial charge in [-0.3, -0.25) is 4.79 Å². The summed E-state index contributed by atoms with van der Waals surface area (Å²) in [6, 6.07) is 8.96. The minimum Gasteiger partial charge on any atom is -0.376 e. The van der Waals surface area contributed by atoms with Gasteiger partial charge in [0.1, 0.15) is 0 Å². The van der Waals surface area contributed by atoms with Gasteiger partial charge >= 0.3 is 0 Å². The molecule has 0 aliphatic carbocycles. The predicted octanol–water partition coefficient (Wildman–Crippen LogP) is 5.31. The van der Waals surface area contributed by atoms with Crippen LogP contribution in [0.1, 0.15) is 11.1 Å². The zero-order valence-electron chi connectivity index (χ0n) is 12.1. The van der Waals surface area contributed by atoms with Crippen molar-refractivity contribution in [1.82, 2.24) is 0 Å². The van der Waals surface area contributed by atoms with Gasteiger partial charge in [0.05, 0.1) is 27.3 Å². The SMILES string of the molecule is Cc1ccc(NCC(=O)Nc2cc(Cl)c(Cl)cc2Cl)cc1C. The van der Waals surface area contributed by atoms with Gasteiger partial charge in [0, 0.05) is 5.69 Å². The Labute approximate surface area is 144 Å². The maximum absolute atomic E-state index is 12.0. The molecule has 2 aromatic carbocycles. The maximum atomic E-state index is 12.0. The Morgan fingerprint density at radius 3 is 2.32 bits per heavy atom. The lowest BCUT2D eigenvalue weighted by atomic mass is 10.1. The lowest BCUT2D eigenvalue weighted by Gasteiger charge is -2.11. The molecule has 0 heterocycles. The molecular weight excluding hydrogens is 343 g/mol. The highest BCUT2D eigenvalue weighted by Crippen LogP contribution is 2.32. The van der Waals surface area contributed by atoms with Gasteiger partial charge in [-0.25, -0.2) is 0 Å². The number of halogens is 3. The second kappa shape index (κ2) is 7.23. The Kier molecular flexibility index (Phi) is 5.57. The number of rotatable bonds is 4. The number of aryl methyl sites for hydroxylation is 2. The standard InChI is InChI=1S/C16H15Cl3N2O/c1-9-3-4-11(5-10(9)2)20-8-16(22)21-15-7-13(18)12(17)6-14(15)19/h3-7,20H,8H2,1-2H3,(H,21,22). The topological polar surface area (TPSA) is 41.1 Å². The first-order valence-electron chi connectivity index (χ1n) is 6.62. The molecule has 2 N–H and O–H groups in total. The molecule has 0 atom stereocenters. The molecule has 6 heteroatoms. The van der Waals surface area contributed by atoms with Crippen molar-refractivity contribution >= 4 is 52.1 Å². The van der Waals surface area contributed by atoms with E-state index in [9.17, 15) is 4.79 Å². The molecule has 116 valence electrons. The van der Waals surface area contributed by atoms with Gasteiger partial charge in [-0.1, -0.05) is 40.9 Å². The van der Waals surface area contributed by atoms with Crippen molar-refractivity contribution in [2.45, 2.75) is 13.8 Å². The molecule has 0 spiro atoms. The summed E-state index contributed by atoms with van der Waals surface area (Å²) in [5, 5.41) is 6.79. The highest BCUT2D eigenvalue weighted by molar-refractivity contribution is 6.44. The molecular formula is C16H15Cl3N2O. The smallest absolute Gasteiger partial charge is 0.243 e. The van der Waals surface area contributed by atoms with Gasteiger partial charge in [-0.05, 0) is 49.2 Å². The Balaban J connectivity index is 1.98. The number of nitrogens with one attached hydrogen (secondary N) is 2. The average molecular weight is 358 g/mol. The number of hydrogen-bond acceptors (Lipinski definition) is 2.